The lowest BCUT2D eigenvalue weighted by atomic mass is 10.0. The third-order valence-corrected chi connectivity index (χ3v) is 4.14. The number of carbonyl (C=O) groups excluding carboxylic acids is 1. The van der Waals surface area contributed by atoms with Gasteiger partial charge in [0.2, 0.25) is 0 Å². The van der Waals surface area contributed by atoms with Gasteiger partial charge in [-0.3, -0.25) is 4.79 Å². The van der Waals surface area contributed by atoms with Gasteiger partial charge in [-0.1, -0.05) is 48.2 Å². The van der Waals surface area contributed by atoms with Crippen molar-refractivity contribution in [2.24, 2.45) is 0 Å². The lowest BCUT2D eigenvalue weighted by Gasteiger charge is -2.19. The molecule has 1 nitrogen and oxygen atoms in total. The fourth-order valence-corrected chi connectivity index (χ4v) is 3.17. The lowest BCUT2D eigenvalue weighted by Crippen LogP contribution is -2.01. The summed E-state index contributed by atoms with van der Waals surface area (Å²) < 4.78 is 0. The molecule has 0 fully saturated rings. The van der Waals surface area contributed by atoms with Crippen LogP contribution >= 0.6 is 11.8 Å². The standard InChI is InChI=1S/C14H10OS/c15-9-12-6-3-5-11-8-10-4-1-2-7-13(10)16-14(11)12/h1-7,9H,8H2. The summed E-state index contributed by atoms with van der Waals surface area (Å²) in [5.74, 6) is 0. The van der Waals surface area contributed by atoms with Crippen molar-refractivity contribution in [3.8, 4) is 0 Å². The minimum Gasteiger partial charge on any atom is -0.298 e. The molecule has 0 amide bonds. The quantitative estimate of drug-likeness (QED) is 0.590. The minimum atomic E-state index is 0.803. The molecule has 0 aliphatic carbocycles. The van der Waals surface area contributed by atoms with Crippen molar-refractivity contribution in [2.75, 3.05) is 0 Å². The SMILES string of the molecule is O=Cc1cccc2c1Sc1ccccc1C2. The van der Waals surface area contributed by atoms with Gasteiger partial charge in [-0.05, 0) is 23.6 Å². The first-order chi connectivity index (χ1) is 7.88. The fourth-order valence-electron chi connectivity index (χ4n) is 2.03. The van der Waals surface area contributed by atoms with Gasteiger partial charge in [0.15, 0.2) is 6.29 Å². The number of fused-ring (bicyclic) bond motifs is 2. The van der Waals surface area contributed by atoms with Crippen LogP contribution in [0.2, 0.25) is 0 Å². The molecule has 0 saturated heterocycles. The smallest absolute Gasteiger partial charge is 0.151 e. The predicted molar refractivity (Wildman–Crippen MR) is 65.2 cm³/mol. The van der Waals surface area contributed by atoms with Gasteiger partial charge in [0.1, 0.15) is 0 Å². The van der Waals surface area contributed by atoms with Gasteiger partial charge in [-0.15, -0.1) is 0 Å². The number of benzene rings is 2. The van der Waals surface area contributed by atoms with E-state index < -0.39 is 0 Å². The van der Waals surface area contributed by atoms with Gasteiger partial charge in [0.25, 0.3) is 0 Å². The van der Waals surface area contributed by atoms with Crippen molar-refractivity contribution in [3.63, 3.8) is 0 Å². The van der Waals surface area contributed by atoms with Crippen molar-refractivity contribution in [2.45, 2.75) is 16.2 Å². The Bertz CT molecular complexity index is 560. The maximum Gasteiger partial charge on any atom is 0.151 e. The van der Waals surface area contributed by atoms with Crippen molar-refractivity contribution in [1.82, 2.24) is 0 Å². The topological polar surface area (TPSA) is 17.1 Å². The number of aldehydes is 1. The number of carbonyl (C=O) groups is 1. The third kappa shape index (κ3) is 1.46. The van der Waals surface area contributed by atoms with Gasteiger partial charge < -0.3 is 0 Å². The molecule has 0 bridgehead atoms. The van der Waals surface area contributed by atoms with Gasteiger partial charge in [-0.2, -0.15) is 0 Å². The first-order valence-corrected chi connectivity index (χ1v) is 6.03. The minimum absolute atomic E-state index is 0.803. The molecule has 0 N–H and O–H groups in total. The number of hydrogen-bond donors (Lipinski definition) is 0. The van der Waals surface area contributed by atoms with Crippen LogP contribution in [-0.2, 0) is 6.42 Å². The Hall–Kier alpha value is -1.54. The molecule has 2 aromatic rings. The van der Waals surface area contributed by atoms with Gasteiger partial charge in [0.05, 0.1) is 0 Å². The van der Waals surface area contributed by atoms with Crippen LogP contribution < -0.4 is 0 Å². The van der Waals surface area contributed by atoms with Gasteiger partial charge in [-0.25, -0.2) is 0 Å². The van der Waals surface area contributed by atoms with E-state index in [9.17, 15) is 4.79 Å². The molecule has 78 valence electrons. The van der Waals surface area contributed by atoms with E-state index in [4.69, 9.17) is 0 Å². The summed E-state index contributed by atoms with van der Waals surface area (Å²) in [6, 6.07) is 14.3. The van der Waals surface area contributed by atoms with E-state index >= 15 is 0 Å². The third-order valence-electron chi connectivity index (χ3n) is 2.82. The zero-order valence-electron chi connectivity index (χ0n) is 8.64. The van der Waals surface area contributed by atoms with Crippen molar-refractivity contribution >= 4 is 18.0 Å². The maximum absolute atomic E-state index is 11.0. The van der Waals surface area contributed by atoms with Crippen molar-refractivity contribution < 1.29 is 4.79 Å². The molecule has 0 unspecified atom stereocenters. The summed E-state index contributed by atoms with van der Waals surface area (Å²) in [5, 5.41) is 0. The molecule has 1 heterocycles. The predicted octanol–water partition coefficient (Wildman–Crippen LogP) is 3.55. The number of hydrogen-bond acceptors (Lipinski definition) is 2. The Morgan fingerprint density at radius 1 is 1.00 bits per heavy atom. The summed E-state index contributed by atoms with van der Waals surface area (Å²) in [6.45, 7) is 0. The molecule has 0 radical (unpaired) electrons. The second-order valence-corrected chi connectivity index (χ2v) is 4.89. The second-order valence-electron chi connectivity index (χ2n) is 3.84. The monoisotopic (exact) mass is 226 g/mol. The maximum atomic E-state index is 11.0. The molecule has 16 heavy (non-hydrogen) atoms. The van der Waals surface area contributed by atoms with E-state index in [1.807, 2.05) is 18.2 Å². The van der Waals surface area contributed by atoms with Crippen LogP contribution in [-0.4, -0.2) is 6.29 Å². The highest BCUT2D eigenvalue weighted by atomic mass is 32.2. The van der Waals surface area contributed by atoms with E-state index in [-0.39, 0.29) is 0 Å². The molecule has 1 aliphatic heterocycles. The molecule has 0 aromatic heterocycles. The highest BCUT2D eigenvalue weighted by Gasteiger charge is 2.17. The Balaban J connectivity index is 2.15. The molecule has 0 saturated carbocycles. The van der Waals surface area contributed by atoms with Crippen LogP contribution in [0.5, 0.6) is 0 Å². The Morgan fingerprint density at radius 2 is 1.81 bits per heavy atom. The molecular weight excluding hydrogens is 216 g/mol. The van der Waals surface area contributed by atoms with E-state index in [2.05, 4.69) is 24.3 Å². The zero-order valence-corrected chi connectivity index (χ0v) is 9.46. The summed E-state index contributed by atoms with van der Waals surface area (Å²) >= 11 is 1.70. The van der Waals surface area contributed by atoms with Gasteiger partial charge in [0, 0.05) is 15.4 Å². The van der Waals surface area contributed by atoms with E-state index in [0.29, 0.717) is 0 Å². The molecule has 3 rings (SSSR count). The number of rotatable bonds is 1. The van der Waals surface area contributed by atoms with Crippen LogP contribution in [0.15, 0.2) is 52.3 Å². The van der Waals surface area contributed by atoms with Crippen molar-refractivity contribution in [1.29, 1.82) is 0 Å². The van der Waals surface area contributed by atoms with Crippen molar-refractivity contribution in [3.05, 3.63) is 59.2 Å². The molecule has 2 aromatic carbocycles. The molecule has 2 heteroatoms. The molecule has 0 atom stereocenters. The summed E-state index contributed by atoms with van der Waals surface area (Å²) in [4.78, 5) is 13.4. The Labute approximate surface area is 98.5 Å². The van der Waals surface area contributed by atoms with Gasteiger partial charge >= 0.3 is 0 Å². The zero-order chi connectivity index (χ0) is 11.0. The Kier molecular flexibility index (Phi) is 2.29. The largest absolute Gasteiger partial charge is 0.298 e. The average molecular weight is 226 g/mol. The highest BCUT2D eigenvalue weighted by Crippen LogP contribution is 2.40. The summed E-state index contributed by atoms with van der Waals surface area (Å²) in [5.41, 5.74) is 3.41. The first kappa shape index (κ1) is 9.67. The van der Waals surface area contributed by atoms with E-state index in [0.717, 1.165) is 23.2 Å². The summed E-state index contributed by atoms with van der Waals surface area (Å²) in [7, 11) is 0. The molecule has 0 spiro atoms. The van der Waals surface area contributed by atoms with Crippen LogP contribution in [0.25, 0.3) is 0 Å². The van der Waals surface area contributed by atoms with E-state index in [1.165, 1.54) is 16.0 Å². The second kappa shape index (κ2) is 3.80. The van der Waals surface area contributed by atoms with Crippen LogP contribution in [0.4, 0.5) is 0 Å². The average Bonchev–Trinajstić information content (AvgIpc) is 2.35. The van der Waals surface area contributed by atoms with Crippen LogP contribution in [0.3, 0.4) is 0 Å². The van der Waals surface area contributed by atoms with Crippen LogP contribution in [0.1, 0.15) is 21.5 Å². The molecular formula is C14H10OS. The molecule has 1 aliphatic rings. The summed E-state index contributed by atoms with van der Waals surface area (Å²) in [6.07, 6.45) is 1.87. The fraction of sp³-hybridized carbons (Fsp3) is 0.0714. The normalized spacial score (nSPS) is 12.8. The highest BCUT2D eigenvalue weighted by molar-refractivity contribution is 7.99. The van der Waals surface area contributed by atoms with E-state index in [1.54, 1.807) is 11.8 Å². The first-order valence-electron chi connectivity index (χ1n) is 5.21. The lowest BCUT2D eigenvalue weighted by molar-refractivity contribution is 0.112. The Morgan fingerprint density at radius 3 is 2.69 bits per heavy atom. The van der Waals surface area contributed by atoms with Crippen LogP contribution in [0, 0.1) is 0 Å².